The Morgan fingerprint density at radius 3 is 2.47 bits per heavy atom. The molecule has 6 nitrogen and oxygen atoms in total. The zero-order chi connectivity index (χ0) is 21.6. The highest BCUT2D eigenvalue weighted by Gasteiger charge is 2.36. The number of aromatic nitrogens is 1. The summed E-state index contributed by atoms with van der Waals surface area (Å²) >= 11 is 0. The third-order valence-corrected chi connectivity index (χ3v) is 5.24. The molecule has 2 amide bonds. The van der Waals surface area contributed by atoms with Gasteiger partial charge >= 0.3 is 6.18 Å². The first-order valence-corrected chi connectivity index (χ1v) is 9.08. The van der Waals surface area contributed by atoms with E-state index in [1.807, 2.05) is 0 Å². The van der Waals surface area contributed by atoms with Gasteiger partial charge in [-0.3, -0.25) is 14.4 Å². The van der Waals surface area contributed by atoms with Crippen molar-refractivity contribution in [3.05, 3.63) is 70.0 Å². The third-order valence-electron chi connectivity index (χ3n) is 5.24. The van der Waals surface area contributed by atoms with Crippen LogP contribution in [0.1, 0.15) is 23.5 Å². The quantitative estimate of drug-likeness (QED) is 0.613. The van der Waals surface area contributed by atoms with Gasteiger partial charge in [0.2, 0.25) is 11.8 Å². The van der Waals surface area contributed by atoms with Crippen molar-refractivity contribution >= 4 is 22.6 Å². The molecule has 0 aliphatic carbocycles. The van der Waals surface area contributed by atoms with Crippen molar-refractivity contribution in [1.29, 1.82) is 0 Å². The largest absolute Gasteiger partial charge is 0.417 e. The summed E-state index contributed by atoms with van der Waals surface area (Å²) in [4.78, 5) is 38.7. The van der Waals surface area contributed by atoms with Crippen LogP contribution in [0.15, 0.2) is 53.3 Å². The van der Waals surface area contributed by atoms with Crippen LogP contribution in [-0.2, 0) is 15.8 Å². The van der Waals surface area contributed by atoms with Gasteiger partial charge < -0.3 is 16.0 Å². The maximum Gasteiger partial charge on any atom is 0.417 e. The van der Waals surface area contributed by atoms with Gasteiger partial charge in [0.15, 0.2) is 0 Å². The monoisotopic (exact) mass is 415 g/mol. The zero-order valence-electron chi connectivity index (χ0n) is 15.4. The Hall–Kier alpha value is -3.62. The molecule has 4 rings (SSSR count). The van der Waals surface area contributed by atoms with Crippen molar-refractivity contribution in [1.82, 2.24) is 10.3 Å². The minimum atomic E-state index is -4.57. The lowest BCUT2D eigenvalue weighted by atomic mass is 9.93. The maximum atomic E-state index is 13.3. The third kappa shape index (κ3) is 3.42. The standard InChI is InChI=1S/C21H16F3N3O3/c22-21(23,24)15-4-2-1-3-12(15)16-8-11-6-5-10(7-13(11)19(29)26-16)14-9-17(18(25)28)27-20(14)30/h1-8,14,17H,9H2,(H2,25,28)(H,26,29)(H,27,30)/t14-,17?/m0/s1. The van der Waals surface area contributed by atoms with Crippen molar-refractivity contribution in [2.24, 2.45) is 5.73 Å². The van der Waals surface area contributed by atoms with Gasteiger partial charge in [-0.15, -0.1) is 0 Å². The van der Waals surface area contributed by atoms with Gasteiger partial charge in [-0.05, 0) is 35.6 Å². The van der Waals surface area contributed by atoms with E-state index in [2.05, 4.69) is 10.3 Å². The topological polar surface area (TPSA) is 105 Å². The minimum Gasteiger partial charge on any atom is -0.368 e. The second kappa shape index (κ2) is 7.01. The first-order valence-electron chi connectivity index (χ1n) is 9.08. The van der Waals surface area contributed by atoms with Gasteiger partial charge in [0.05, 0.1) is 11.5 Å². The Balaban J connectivity index is 1.78. The van der Waals surface area contributed by atoms with E-state index >= 15 is 0 Å². The number of hydrogen-bond donors (Lipinski definition) is 3. The lowest BCUT2D eigenvalue weighted by molar-refractivity contribution is -0.137. The Bertz CT molecular complexity index is 1230. The van der Waals surface area contributed by atoms with E-state index in [1.54, 1.807) is 12.1 Å². The second-order valence-corrected chi connectivity index (χ2v) is 7.15. The van der Waals surface area contributed by atoms with Crippen LogP contribution < -0.4 is 16.6 Å². The summed E-state index contributed by atoms with van der Waals surface area (Å²) in [5.41, 5.74) is 4.25. The number of carbonyl (C=O) groups is 2. The molecule has 2 aromatic carbocycles. The zero-order valence-corrected chi connectivity index (χ0v) is 15.4. The first-order chi connectivity index (χ1) is 14.1. The maximum absolute atomic E-state index is 13.3. The van der Waals surface area contributed by atoms with Crippen molar-refractivity contribution in [3.63, 3.8) is 0 Å². The number of carbonyl (C=O) groups excluding carboxylic acids is 2. The summed E-state index contributed by atoms with van der Waals surface area (Å²) in [6.07, 6.45) is -4.40. The fraction of sp³-hybridized carbons (Fsp3) is 0.190. The second-order valence-electron chi connectivity index (χ2n) is 7.15. The molecule has 2 atom stereocenters. The Morgan fingerprint density at radius 2 is 1.80 bits per heavy atom. The van der Waals surface area contributed by atoms with E-state index in [4.69, 9.17) is 5.73 Å². The number of nitrogens with one attached hydrogen (secondary N) is 2. The fourth-order valence-corrected chi connectivity index (χ4v) is 3.75. The Kier molecular flexibility index (Phi) is 4.60. The molecule has 1 fully saturated rings. The first kappa shape index (κ1) is 19.7. The number of primary amides is 1. The van der Waals surface area contributed by atoms with E-state index in [-0.39, 0.29) is 29.0 Å². The highest BCUT2D eigenvalue weighted by molar-refractivity contribution is 5.95. The number of hydrogen-bond acceptors (Lipinski definition) is 3. The van der Waals surface area contributed by atoms with E-state index in [0.29, 0.717) is 10.9 Å². The number of rotatable bonds is 3. The normalized spacial score (nSPS) is 19.1. The van der Waals surface area contributed by atoms with Crippen molar-refractivity contribution in [3.8, 4) is 11.3 Å². The molecule has 154 valence electrons. The number of aromatic amines is 1. The summed E-state index contributed by atoms with van der Waals surface area (Å²) < 4.78 is 40.0. The molecule has 30 heavy (non-hydrogen) atoms. The molecule has 1 aromatic heterocycles. The lowest BCUT2D eigenvalue weighted by Crippen LogP contribution is -2.37. The molecule has 9 heteroatoms. The van der Waals surface area contributed by atoms with Crippen LogP contribution in [0.4, 0.5) is 13.2 Å². The van der Waals surface area contributed by atoms with Gasteiger partial charge in [-0.1, -0.05) is 30.3 Å². The average Bonchev–Trinajstić information content (AvgIpc) is 3.09. The lowest BCUT2D eigenvalue weighted by Gasteiger charge is -2.13. The number of nitrogens with two attached hydrogens (primary N) is 1. The summed E-state index contributed by atoms with van der Waals surface area (Å²) in [7, 11) is 0. The van der Waals surface area contributed by atoms with Crippen LogP contribution in [0.3, 0.4) is 0 Å². The molecule has 1 saturated heterocycles. The summed E-state index contributed by atoms with van der Waals surface area (Å²) in [5, 5.41) is 3.17. The average molecular weight is 415 g/mol. The highest BCUT2D eigenvalue weighted by Crippen LogP contribution is 2.37. The number of H-pyrrole nitrogens is 1. The molecule has 0 radical (unpaired) electrons. The van der Waals surface area contributed by atoms with Crippen LogP contribution in [-0.4, -0.2) is 22.8 Å². The minimum absolute atomic E-state index is 0.0422. The number of benzene rings is 2. The van der Waals surface area contributed by atoms with E-state index in [9.17, 15) is 27.6 Å². The van der Waals surface area contributed by atoms with Crippen LogP contribution in [0.2, 0.25) is 0 Å². The molecule has 0 bridgehead atoms. The van der Waals surface area contributed by atoms with Gasteiger partial charge in [-0.25, -0.2) is 0 Å². The number of alkyl halides is 3. The number of fused-ring (bicyclic) bond motifs is 1. The predicted octanol–water partition coefficient (Wildman–Crippen LogP) is 2.67. The molecule has 0 spiro atoms. The van der Waals surface area contributed by atoms with E-state index < -0.39 is 35.2 Å². The molecule has 2 heterocycles. The summed E-state index contributed by atoms with van der Waals surface area (Å²) in [5.74, 6) is -1.65. The molecule has 4 N–H and O–H groups in total. The van der Waals surface area contributed by atoms with Gasteiger partial charge in [-0.2, -0.15) is 13.2 Å². The molecule has 1 aliphatic heterocycles. The molecule has 3 aromatic rings. The number of halogens is 3. The highest BCUT2D eigenvalue weighted by atomic mass is 19.4. The van der Waals surface area contributed by atoms with Crippen LogP contribution in [0, 0.1) is 0 Å². The smallest absolute Gasteiger partial charge is 0.368 e. The predicted molar refractivity (Wildman–Crippen MR) is 103 cm³/mol. The number of pyridine rings is 1. The van der Waals surface area contributed by atoms with Crippen molar-refractivity contribution in [2.45, 2.75) is 24.6 Å². The Morgan fingerprint density at radius 1 is 1.07 bits per heavy atom. The van der Waals surface area contributed by atoms with Crippen LogP contribution in [0.5, 0.6) is 0 Å². The van der Waals surface area contributed by atoms with Crippen LogP contribution >= 0.6 is 0 Å². The molecule has 1 aliphatic rings. The SMILES string of the molecule is NC(=O)C1C[C@@H](c2ccc3cc(-c4ccccc4C(F)(F)F)[nH]c(=O)c3c2)C(=O)N1. The number of amides is 2. The molecular weight excluding hydrogens is 399 g/mol. The Labute approximate surface area is 167 Å². The van der Waals surface area contributed by atoms with E-state index in [0.717, 1.165) is 6.07 Å². The molecular formula is C21H16F3N3O3. The summed E-state index contributed by atoms with van der Waals surface area (Å²) in [6.45, 7) is 0. The van der Waals surface area contributed by atoms with Crippen molar-refractivity contribution < 1.29 is 22.8 Å². The van der Waals surface area contributed by atoms with E-state index in [1.165, 1.54) is 30.3 Å². The fourth-order valence-electron chi connectivity index (χ4n) is 3.75. The van der Waals surface area contributed by atoms with Gasteiger partial charge in [0, 0.05) is 16.6 Å². The van der Waals surface area contributed by atoms with Crippen molar-refractivity contribution in [2.75, 3.05) is 0 Å². The summed E-state index contributed by atoms with van der Waals surface area (Å²) in [6, 6.07) is 10.4. The van der Waals surface area contributed by atoms with Gasteiger partial charge in [0.25, 0.3) is 5.56 Å². The molecule has 0 saturated carbocycles. The van der Waals surface area contributed by atoms with Gasteiger partial charge in [0.1, 0.15) is 6.04 Å². The van der Waals surface area contributed by atoms with Crippen LogP contribution in [0.25, 0.3) is 22.0 Å². The molecule has 1 unspecified atom stereocenters.